The van der Waals surface area contributed by atoms with Gasteiger partial charge in [0.2, 0.25) is 0 Å². The molecule has 1 fully saturated rings. The van der Waals surface area contributed by atoms with Gasteiger partial charge in [-0.15, -0.1) is 0 Å². The molecule has 0 N–H and O–H groups in total. The van der Waals surface area contributed by atoms with Crippen molar-refractivity contribution in [3.05, 3.63) is 39.9 Å². The minimum atomic E-state index is -1.21. The molecule has 186 valence electrons. The quantitative estimate of drug-likeness (QED) is 0.142. The second-order valence-corrected chi connectivity index (χ2v) is 9.58. The number of non-ortho nitro benzene ring substituents is 1. The summed E-state index contributed by atoms with van der Waals surface area (Å²) in [4.78, 5) is 57.2. The Kier molecular flexibility index (Phi) is 9.96. The van der Waals surface area contributed by atoms with Gasteiger partial charge in [-0.1, -0.05) is 0 Å². The molecule has 1 aromatic carbocycles. The molecule has 1 aliphatic rings. The van der Waals surface area contributed by atoms with Crippen LogP contribution < -0.4 is 0 Å². The SMILES string of the molecule is CC(=O)OC[C@H]1O[C@@H]([Se]Cc2ccc([N+](=O)[O-])cc2)[C@H](OC(C)=O)[C@@H](OC(C)=O)[C@@H]1OC(C)=O. The van der Waals surface area contributed by atoms with Gasteiger partial charge < -0.3 is 0 Å². The van der Waals surface area contributed by atoms with Gasteiger partial charge in [0.25, 0.3) is 0 Å². The Balaban J connectivity index is 2.34. The Morgan fingerprint density at radius 3 is 1.91 bits per heavy atom. The van der Waals surface area contributed by atoms with E-state index < -0.39 is 73.2 Å². The van der Waals surface area contributed by atoms with Crippen molar-refractivity contribution in [2.45, 2.75) is 62.4 Å². The molecule has 0 bridgehead atoms. The fraction of sp³-hybridized carbons (Fsp3) is 0.524. The van der Waals surface area contributed by atoms with Crippen molar-refractivity contribution in [1.82, 2.24) is 0 Å². The maximum absolute atomic E-state index is 11.8. The number of carbonyl (C=O) groups is 4. The molecule has 2 rings (SSSR count). The van der Waals surface area contributed by atoms with Gasteiger partial charge in [-0.25, -0.2) is 0 Å². The summed E-state index contributed by atoms with van der Waals surface area (Å²) in [6.07, 6.45) is -4.50. The molecule has 34 heavy (non-hydrogen) atoms. The van der Waals surface area contributed by atoms with E-state index in [2.05, 4.69) is 0 Å². The second-order valence-electron chi connectivity index (χ2n) is 7.30. The van der Waals surface area contributed by atoms with E-state index in [0.717, 1.165) is 19.4 Å². The molecule has 13 heteroatoms. The zero-order valence-electron chi connectivity index (χ0n) is 19.0. The molecule has 1 aliphatic heterocycles. The van der Waals surface area contributed by atoms with Gasteiger partial charge in [0, 0.05) is 0 Å². The summed E-state index contributed by atoms with van der Waals surface area (Å²) in [5, 5.41) is 10.5. The predicted molar refractivity (Wildman–Crippen MR) is 115 cm³/mol. The van der Waals surface area contributed by atoms with Crippen LogP contribution in [-0.4, -0.2) is 79.8 Å². The van der Waals surface area contributed by atoms with E-state index >= 15 is 0 Å². The fourth-order valence-electron chi connectivity index (χ4n) is 3.22. The first-order valence-corrected chi connectivity index (χ1v) is 12.3. The summed E-state index contributed by atoms with van der Waals surface area (Å²) in [7, 11) is 0. The van der Waals surface area contributed by atoms with Crippen molar-refractivity contribution in [3.8, 4) is 0 Å². The topological polar surface area (TPSA) is 158 Å². The summed E-state index contributed by atoms with van der Waals surface area (Å²) < 4.78 is 27.3. The van der Waals surface area contributed by atoms with Gasteiger partial charge in [0.15, 0.2) is 0 Å². The number of carbonyl (C=O) groups excluding carboxylic acids is 4. The molecule has 0 aliphatic carbocycles. The Morgan fingerprint density at radius 1 is 0.882 bits per heavy atom. The molecule has 1 aromatic rings. The van der Waals surface area contributed by atoms with Crippen molar-refractivity contribution >= 4 is 44.5 Å². The monoisotopic (exact) mass is 547 g/mol. The van der Waals surface area contributed by atoms with E-state index in [4.69, 9.17) is 23.7 Å². The molecule has 1 heterocycles. The van der Waals surface area contributed by atoms with E-state index in [1.54, 1.807) is 12.1 Å². The third-order valence-corrected chi connectivity index (χ3v) is 7.04. The molecular formula is C21H25NO11Se. The number of nitro groups is 1. The van der Waals surface area contributed by atoms with Crippen LogP contribution in [0.25, 0.3) is 0 Å². The normalized spacial score (nSPS) is 23.9. The maximum atomic E-state index is 11.8. The van der Waals surface area contributed by atoms with E-state index in [1.165, 1.54) is 26.0 Å². The summed E-state index contributed by atoms with van der Waals surface area (Å²) in [5.41, 5.74) is 0.724. The van der Waals surface area contributed by atoms with Crippen molar-refractivity contribution in [1.29, 1.82) is 0 Å². The van der Waals surface area contributed by atoms with Crippen LogP contribution in [0.3, 0.4) is 0 Å². The number of benzene rings is 1. The molecule has 0 saturated carbocycles. The van der Waals surface area contributed by atoms with Gasteiger partial charge in [-0.3, -0.25) is 0 Å². The molecule has 0 spiro atoms. The molecule has 0 amide bonds. The van der Waals surface area contributed by atoms with Crippen LogP contribution in [0.4, 0.5) is 5.69 Å². The van der Waals surface area contributed by atoms with Crippen molar-refractivity contribution in [3.63, 3.8) is 0 Å². The van der Waals surface area contributed by atoms with Gasteiger partial charge in [0.1, 0.15) is 0 Å². The third kappa shape index (κ3) is 8.08. The number of nitrogens with zero attached hydrogens (tertiary/aromatic N) is 1. The molecule has 0 aromatic heterocycles. The zero-order chi connectivity index (χ0) is 25.4. The minimum absolute atomic E-state index is 0.0523. The van der Waals surface area contributed by atoms with Crippen molar-refractivity contribution in [2.75, 3.05) is 6.61 Å². The van der Waals surface area contributed by atoms with Gasteiger partial charge in [-0.2, -0.15) is 0 Å². The van der Waals surface area contributed by atoms with Crippen LogP contribution in [0.5, 0.6) is 0 Å². The Bertz CT molecular complexity index is 920. The van der Waals surface area contributed by atoms with E-state index in [9.17, 15) is 29.3 Å². The Labute approximate surface area is 201 Å². The van der Waals surface area contributed by atoms with E-state index in [1.807, 2.05) is 0 Å². The van der Waals surface area contributed by atoms with E-state index in [0.29, 0.717) is 5.32 Å². The van der Waals surface area contributed by atoms with Gasteiger partial charge in [-0.05, 0) is 0 Å². The number of nitro benzene ring substituents is 1. The third-order valence-electron chi connectivity index (χ3n) is 4.51. The van der Waals surface area contributed by atoms with Crippen molar-refractivity contribution < 1.29 is 47.8 Å². The summed E-state index contributed by atoms with van der Waals surface area (Å²) >= 11 is -0.440. The average molecular weight is 546 g/mol. The predicted octanol–water partition coefficient (Wildman–Crippen LogP) is 0.882. The number of esters is 4. The van der Waals surface area contributed by atoms with Crippen LogP contribution in [0.2, 0.25) is 0 Å². The Hall–Kier alpha value is -3.02. The van der Waals surface area contributed by atoms with Crippen LogP contribution >= 0.6 is 0 Å². The summed E-state index contributed by atoms with van der Waals surface area (Å²) in [5.74, 6) is -2.66. The van der Waals surface area contributed by atoms with Crippen molar-refractivity contribution in [2.24, 2.45) is 0 Å². The average Bonchev–Trinajstić information content (AvgIpc) is 2.73. The molecule has 5 atom stereocenters. The zero-order valence-corrected chi connectivity index (χ0v) is 20.7. The molecule has 0 unspecified atom stereocenters. The Morgan fingerprint density at radius 2 is 1.41 bits per heavy atom. The summed E-state index contributed by atoms with van der Waals surface area (Å²) in [6, 6.07) is 5.95. The standard InChI is InChI=1S/C21H25NO11Se/c1-11(23)29-9-17-18(30-12(2)24)19(31-13(3)25)20(32-14(4)26)21(33-17)34-10-15-5-7-16(8-6-15)22(27)28/h5-8,17-21H,9-10H2,1-4H3/t17-,18-,19+,20-,21+/m1/s1. The first kappa shape index (κ1) is 27.2. The number of hydrogen-bond donors (Lipinski definition) is 0. The second kappa shape index (κ2) is 12.4. The summed E-state index contributed by atoms with van der Waals surface area (Å²) in [6.45, 7) is 4.40. The van der Waals surface area contributed by atoms with E-state index in [-0.39, 0.29) is 12.3 Å². The van der Waals surface area contributed by atoms with Crippen LogP contribution in [-0.2, 0) is 48.2 Å². The van der Waals surface area contributed by atoms with Crippen LogP contribution in [0.15, 0.2) is 24.3 Å². The molecule has 1 saturated heterocycles. The van der Waals surface area contributed by atoms with Gasteiger partial charge >= 0.3 is 201 Å². The number of rotatable bonds is 9. The first-order chi connectivity index (χ1) is 16.0. The fourth-order valence-corrected chi connectivity index (χ4v) is 5.67. The first-order valence-electron chi connectivity index (χ1n) is 10.1. The van der Waals surface area contributed by atoms with Gasteiger partial charge in [0.05, 0.1) is 0 Å². The number of hydrogen-bond acceptors (Lipinski definition) is 11. The number of ether oxygens (including phenoxy) is 5. The molecular weight excluding hydrogens is 521 g/mol. The van der Waals surface area contributed by atoms with Crippen LogP contribution in [0.1, 0.15) is 33.3 Å². The molecule has 0 radical (unpaired) electrons. The molecule has 12 nitrogen and oxygen atoms in total. The van der Waals surface area contributed by atoms with Crippen LogP contribution in [0, 0.1) is 10.1 Å².